The van der Waals surface area contributed by atoms with E-state index in [0.717, 1.165) is 40.4 Å². The van der Waals surface area contributed by atoms with Gasteiger partial charge in [0.2, 0.25) is 0 Å². The first-order valence-corrected chi connectivity index (χ1v) is 11.3. The van der Waals surface area contributed by atoms with Crippen molar-refractivity contribution in [2.75, 3.05) is 6.61 Å². The zero-order valence-electron chi connectivity index (χ0n) is 18.5. The number of pyridine rings is 1. The van der Waals surface area contributed by atoms with Crippen LogP contribution in [-0.2, 0) is 9.53 Å². The van der Waals surface area contributed by atoms with Crippen LogP contribution in [0.3, 0.4) is 0 Å². The average molecular weight is 450 g/mol. The van der Waals surface area contributed by atoms with E-state index in [2.05, 4.69) is 4.98 Å². The van der Waals surface area contributed by atoms with Crippen LogP contribution in [0.2, 0.25) is 0 Å². The van der Waals surface area contributed by atoms with Crippen LogP contribution < -0.4 is 0 Å². The van der Waals surface area contributed by atoms with Crippen LogP contribution in [-0.4, -0.2) is 40.0 Å². The van der Waals surface area contributed by atoms with Gasteiger partial charge in [0.15, 0.2) is 0 Å². The van der Waals surface area contributed by atoms with Crippen LogP contribution >= 0.6 is 0 Å². The Morgan fingerprint density at radius 3 is 2.61 bits per heavy atom. The fourth-order valence-corrected chi connectivity index (χ4v) is 4.27. The lowest BCUT2D eigenvalue weighted by Gasteiger charge is -2.22. The number of aliphatic hydroxyl groups is 2. The lowest BCUT2D eigenvalue weighted by atomic mass is 9.92. The third-order valence-corrected chi connectivity index (χ3v) is 6.02. The van der Waals surface area contributed by atoms with Gasteiger partial charge in [-0.25, -0.2) is 4.39 Å². The molecule has 2 aromatic carbocycles. The Labute approximate surface area is 192 Å². The highest BCUT2D eigenvalue weighted by Gasteiger charge is 2.42. The molecular weight excluding hydrogens is 421 g/mol. The van der Waals surface area contributed by atoms with E-state index in [1.54, 1.807) is 37.4 Å². The van der Waals surface area contributed by atoms with Crippen molar-refractivity contribution >= 4 is 22.9 Å². The van der Waals surface area contributed by atoms with E-state index in [4.69, 9.17) is 4.74 Å². The maximum absolute atomic E-state index is 13.5. The van der Waals surface area contributed by atoms with Crippen molar-refractivity contribution in [1.82, 2.24) is 4.98 Å². The van der Waals surface area contributed by atoms with Gasteiger partial charge in [0.05, 0.1) is 30.2 Å². The summed E-state index contributed by atoms with van der Waals surface area (Å²) in [6, 6.07) is 14.0. The largest absolute Gasteiger partial charge is 0.466 e. The van der Waals surface area contributed by atoms with E-state index in [-0.39, 0.29) is 24.8 Å². The van der Waals surface area contributed by atoms with Crippen molar-refractivity contribution < 1.29 is 24.1 Å². The van der Waals surface area contributed by atoms with Crippen molar-refractivity contribution in [1.29, 1.82) is 0 Å². The molecular formula is C27H28FNO4. The summed E-state index contributed by atoms with van der Waals surface area (Å²) in [5.74, 6) is -1.21. The highest BCUT2D eigenvalue weighted by atomic mass is 19.1. The average Bonchev–Trinajstić information content (AvgIpc) is 3.63. The molecule has 33 heavy (non-hydrogen) atoms. The number of carbonyl (C=O) groups is 1. The van der Waals surface area contributed by atoms with E-state index >= 15 is 0 Å². The van der Waals surface area contributed by atoms with Gasteiger partial charge in [-0.05, 0) is 55.0 Å². The van der Waals surface area contributed by atoms with E-state index < -0.39 is 24.1 Å². The number of aromatic nitrogens is 1. The highest BCUT2D eigenvalue weighted by Crippen LogP contribution is 2.40. The fourth-order valence-electron chi connectivity index (χ4n) is 4.27. The predicted octanol–water partition coefficient (Wildman–Crippen LogP) is 4.76. The number of para-hydroxylation sites is 1. The second kappa shape index (κ2) is 10.2. The van der Waals surface area contributed by atoms with Gasteiger partial charge in [0.25, 0.3) is 0 Å². The van der Waals surface area contributed by atoms with Gasteiger partial charge in [0, 0.05) is 23.6 Å². The molecule has 3 unspecified atom stereocenters. The smallest absolute Gasteiger partial charge is 0.311 e. The molecule has 1 saturated carbocycles. The summed E-state index contributed by atoms with van der Waals surface area (Å²) in [4.78, 5) is 16.8. The SMILES string of the molecule is CCOC(=O)C(C(O)CC(O)C=Cc1cnc2ccccc2c1-c1ccc(F)cc1)C1CC1. The summed E-state index contributed by atoms with van der Waals surface area (Å²) in [7, 11) is 0. The minimum Gasteiger partial charge on any atom is -0.466 e. The maximum Gasteiger partial charge on any atom is 0.311 e. The third kappa shape index (κ3) is 5.46. The van der Waals surface area contributed by atoms with E-state index in [9.17, 15) is 19.4 Å². The molecule has 3 aromatic rings. The van der Waals surface area contributed by atoms with Crippen LogP contribution in [0.4, 0.5) is 4.39 Å². The number of hydrogen-bond donors (Lipinski definition) is 2. The lowest BCUT2D eigenvalue weighted by molar-refractivity contribution is -0.153. The topological polar surface area (TPSA) is 79.7 Å². The standard InChI is InChI=1S/C27H28FNO4/c1-2-33-27(32)26(18-7-8-18)24(31)15-21(30)14-11-19-16-29-23-6-4-3-5-22(23)25(19)17-9-12-20(28)13-10-17/h3-6,9-14,16,18,21,24,26,30-31H,2,7-8,15H2,1H3. The molecule has 0 amide bonds. The number of fused-ring (bicyclic) bond motifs is 1. The van der Waals surface area contributed by atoms with Crippen LogP contribution in [0.25, 0.3) is 28.1 Å². The Morgan fingerprint density at radius 1 is 1.18 bits per heavy atom. The second-order valence-corrected chi connectivity index (χ2v) is 8.46. The molecule has 0 aliphatic heterocycles. The van der Waals surface area contributed by atoms with Crippen LogP contribution in [0.15, 0.2) is 60.8 Å². The zero-order valence-corrected chi connectivity index (χ0v) is 18.5. The van der Waals surface area contributed by atoms with Crippen LogP contribution in [0.5, 0.6) is 0 Å². The Morgan fingerprint density at radius 2 is 1.91 bits per heavy atom. The Kier molecular flexibility index (Phi) is 7.16. The van der Waals surface area contributed by atoms with Crippen molar-refractivity contribution in [3.05, 3.63) is 72.2 Å². The predicted molar refractivity (Wildman–Crippen MR) is 126 cm³/mol. The van der Waals surface area contributed by atoms with Gasteiger partial charge in [-0.3, -0.25) is 9.78 Å². The number of esters is 1. The number of hydrogen-bond acceptors (Lipinski definition) is 5. The quantitative estimate of drug-likeness (QED) is 0.461. The first-order valence-electron chi connectivity index (χ1n) is 11.3. The van der Waals surface area contributed by atoms with Gasteiger partial charge >= 0.3 is 5.97 Å². The first-order chi connectivity index (χ1) is 16.0. The fraction of sp³-hybridized carbons (Fsp3) is 0.333. The molecule has 6 heteroatoms. The molecule has 0 bridgehead atoms. The molecule has 0 spiro atoms. The zero-order chi connectivity index (χ0) is 23.4. The van der Waals surface area contributed by atoms with E-state index in [0.29, 0.717) is 0 Å². The van der Waals surface area contributed by atoms with Crippen molar-refractivity contribution in [3.8, 4) is 11.1 Å². The third-order valence-electron chi connectivity index (χ3n) is 6.02. The molecule has 0 saturated heterocycles. The first kappa shape index (κ1) is 23.1. The number of carbonyl (C=O) groups excluding carboxylic acids is 1. The number of rotatable bonds is 9. The summed E-state index contributed by atoms with van der Waals surface area (Å²) < 4.78 is 18.6. The summed E-state index contributed by atoms with van der Waals surface area (Å²) in [5.41, 5.74) is 3.29. The number of benzene rings is 2. The monoisotopic (exact) mass is 449 g/mol. The molecule has 0 radical (unpaired) electrons. The van der Waals surface area contributed by atoms with Gasteiger partial charge < -0.3 is 14.9 Å². The molecule has 3 atom stereocenters. The van der Waals surface area contributed by atoms with Crippen LogP contribution in [0, 0.1) is 17.7 Å². The number of aliphatic hydroxyl groups excluding tert-OH is 2. The number of halogens is 1. The van der Waals surface area contributed by atoms with Gasteiger partial charge in [-0.1, -0.05) is 42.5 Å². The molecule has 1 aliphatic rings. The Bertz CT molecular complexity index is 1140. The Balaban J connectivity index is 1.58. The van der Waals surface area contributed by atoms with Crippen molar-refractivity contribution in [2.24, 2.45) is 11.8 Å². The Hall–Kier alpha value is -3.09. The number of nitrogens with zero attached hydrogens (tertiary/aromatic N) is 1. The molecule has 1 fully saturated rings. The van der Waals surface area contributed by atoms with Gasteiger partial charge in [-0.2, -0.15) is 0 Å². The minimum absolute atomic E-state index is 0.0311. The summed E-state index contributed by atoms with van der Waals surface area (Å²) in [6.45, 7) is 2.00. The molecule has 2 N–H and O–H groups in total. The van der Waals surface area contributed by atoms with E-state index in [1.165, 1.54) is 12.1 Å². The lowest BCUT2D eigenvalue weighted by Crippen LogP contribution is -2.34. The summed E-state index contributed by atoms with van der Waals surface area (Å²) in [6.07, 6.45) is 4.93. The number of ether oxygens (including phenoxy) is 1. The molecule has 1 aromatic heterocycles. The van der Waals surface area contributed by atoms with Gasteiger partial charge in [0.1, 0.15) is 5.82 Å². The summed E-state index contributed by atoms with van der Waals surface area (Å²) >= 11 is 0. The maximum atomic E-state index is 13.5. The summed E-state index contributed by atoms with van der Waals surface area (Å²) in [5, 5.41) is 22.1. The van der Waals surface area contributed by atoms with Crippen molar-refractivity contribution in [2.45, 2.75) is 38.4 Å². The van der Waals surface area contributed by atoms with Crippen LogP contribution in [0.1, 0.15) is 31.7 Å². The molecule has 4 rings (SSSR count). The van der Waals surface area contributed by atoms with Crippen molar-refractivity contribution in [3.63, 3.8) is 0 Å². The molecule has 172 valence electrons. The second-order valence-electron chi connectivity index (χ2n) is 8.46. The van der Waals surface area contributed by atoms with E-state index in [1.807, 2.05) is 24.3 Å². The van der Waals surface area contributed by atoms with Gasteiger partial charge in [-0.15, -0.1) is 0 Å². The molecule has 5 nitrogen and oxygen atoms in total. The molecule has 1 aliphatic carbocycles. The molecule has 1 heterocycles. The highest BCUT2D eigenvalue weighted by molar-refractivity contribution is 5.98. The normalized spacial score (nSPS) is 16.6. The minimum atomic E-state index is -0.984.